The van der Waals surface area contributed by atoms with E-state index in [1.165, 1.54) is 0 Å². The highest BCUT2D eigenvalue weighted by atomic mass is 16.5. The Morgan fingerprint density at radius 1 is 1.00 bits per heavy atom. The average molecular weight is 410 g/mol. The monoisotopic (exact) mass is 410 g/mol. The van der Waals surface area contributed by atoms with Crippen LogP contribution in [0, 0.1) is 0 Å². The number of nitrogens with one attached hydrogen (secondary N) is 2. The Labute approximate surface area is 180 Å². The number of fused-ring (bicyclic) bond motifs is 3. The highest BCUT2D eigenvalue weighted by Gasteiger charge is 2.34. The zero-order chi connectivity index (χ0) is 21.4. The Morgan fingerprint density at radius 3 is 2.45 bits per heavy atom. The fraction of sp³-hybridized carbons (Fsp3) is 0.120. The number of amides is 1. The summed E-state index contributed by atoms with van der Waals surface area (Å²) < 4.78 is 7.31. The quantitative estimate of drug-likeness (QED) is 0.498. The van der Waals surface area contributed by atoms with E-state index in [0.29, 0.717) is 11.3 Å². The first-order valence-electron chi connectivity index (χ1n) is 10.1. The highest BCUT2D eigenvalue weighted by Crippen LogP contribution is 2.39. The van der Waals surface area contributed by atoms with Crippen molar-refractivity contribution in [3.05, 3.63) is 95.7 Å². The minimum atomic E-state index is -0.303. The standard InChI is InChI=1S/C25H22N4O2/c1-16-22(24(30)27-18-12-14-19(31-2)15-13-18)23(17-8-4-3-5-9-17)29-21-11-7-6-10-20(21)28-25(29)26-16/h3-15,23H,1-2H3,(H,26,28)(H,27,30)/t23-/m0/s1. The van der Waals surface area contributed by atoms with Crippen LogP contribution >= 0.6 is 0 Å². The smallest absolute Gasteiger partial charge is 0.255 e. The average Bonchev–Trinajstić information content (AvgIpc) is 3.17. The van der Waals surface area contributed by atoms with E-state index in [2.05, 4.69) is 15.2 Å². The molecule has 0 unspecified atom stereocenters. The molecule has 0 fully saturated rings. The van der Waals surface area contributed by atoms with Gasteiger partial charge in [-0.25, -0.2) is 4.98 Å². The van der Waals surface area contributed by atoms with E-state index in [4.69, 9.17) is 9.72 Å². The van der Waals surface area contributed by atoms with Crippen LogP contribution in [-0.4, -0.2) is 22.6 Å². The maximum atomic E-state index is 13.5. The van der Waals surface area contributed by atoms with E-state index in [1.54, 1.807) is 7.11 Å². The molecule has 4 aromatic rings. The number of nitrogens with zero attached hydrogens (tertiary/aromatic N) is 2. The fourth-order valence-corrected chi connectivity index (χ4v) is 4.08. The molecule has 2 heterocycles. The van der Waals surface area contributed by atoms with Gasteiger partial charge in [0.05, 0.1) is 29.8 Å². The number of carbonyl (C=O) groups excluding carboxylic acids is 1. The minimum absolute atomic E-state index is 0.160. The summed E-state index contributed by atoms with van der Waals surface area (Å²) in [7, 11) is 1.62. The van der Waals surface area contributed by atoms with Crippen LogP contribution in [0.25, 0.3) is 11.0 Å². The van der Waals surface area contributed by atoms with Gasteiger partial charge in [-0.05, 0) is 48.9 Å². The molecule has 0 bridgehead atoms. The number of imidazole rings is 1. The Hall–Kier alpha value is -4.06. The van der Waals surface area contributed by atoms with E-state index in [-0.39, 0.29) is 11.9 Å². The summed E-state index contributed by atoms with van der Waals surface area (Å²) in [6.07, 6.45) is 0. The maximum absolute atomic E-state index is 13.5. The van der Waals surface area contributed by atoms with E-state index in [1.807, 2.05) is 85.8 Å². The summed E-state index contributed by atoms with van der Waals surface area (Å²) in [6, 6.07) is 25.0. The van der Waals surface area contributed by atoms with Gasteiger partial charge in [-0.1, -0.05) is 42.5 Å². The molecule has 0 saturated carbocycles. The summed E-state index contributed by atoms with van der Waals surface area (Å²) in [6.45, 7) is 1.92. The van der Waals surface area contributed by atoms with Crippen molar-refractivity contribution in [3.63, 3.8) is 0 Å². The number of rotatable bonds is 4. The summed E-state index contributed by atoms with van der Waals surface area (Å²) in [5.41, 5.74) is 5.02. The van der Waals surface area contributed by atoms with Crippen LogP contribution in [0.2, 0.25) is 0 Å². The van der Waals surface area contributed by atoms with E-state index >= 15 is 0 Å². The second kappa shape index (κ2) is 7.65. The summed E-state index contributed by atoms with van der Waals surface area (Å²) >= 11 is 0. The van der Waals surface area contributed by atoms with Crippen molar-refractivity contribution in [1.29, 1.82) is 0 Å². The Bertz CT molecular complexity index is 1290. The van der Waals surface area contributed by atoms with Crippen LogP contribution in [0.3, 0.4) is 0 Å². The van der Waals surface area contributed by atoms with Gasteiger partial charge in [-0.3, -0.25) is 9.36 Å². The lowest BCUT2D eigenvalue weighted by Crippen LogP contribution is -2.30. The van der Waals surface area contributed by atoms with Crippen molar-refractivity contribution in [2.75, 3.05) is 17.7 Å². The lowest BCUT2D eigenvalue weighted by molar-refractivity contribution is -0.113. The second-order valence-electron chi connectivity index (χ2n) is 7.45. The summed E-state index contributed by atoms with van der Waals surface area (Å²) in [5, 5.41) is 6.37. The molecule has 31 heavy (non-hydrogen) atoms. The van der Waals surface area contributed by atoms with Gasteiger partial charge in [0.1, 0.15) is 5.75 Å². The van der Waals surface area contributed by atoms with Crippen LogP contribution in [0.5, 0.6) is 5.75 Å². The van der Waals surface area contributed by atoms with Crippen molar-refractivity contribution in [3.8, 4) is 5.75 Å². The molecule has 6 nitrogen and oxygen atoms in total. The van der Waals surface area contributed by atoms with Crippen molar-refractivity contribution >= 4 is 28.6 Å². The van der Waals surface area contributed by atoms with Gasteiger partial charge in [-0.2, -0.15) is 0 Å². The highest BCUT2D eigenvalue weighted by molar-refractivity contribution is 6.06. The third-order valence-electron chi connectivity index (χ3n) is 5.54. The molecule has 5 rings (SSSR count). The van der Waals surface area contributed by atoms with Crippen molar-refractivity contribution < 1.29 is 9.53 Å². The Kier molecular flexibility index (Phi) is 4.67. The van der Waals surface area contributed by atoms with Gasteiger partial charge in [0.15, 0.2) is 0 Å². The molecule has 1 atom stereocenters. The molecule has 3 aromatic carbocycles. The first-order valence-corrected chi connectivity index (χ1v) is 10.1. The number of allylic oxidation sites excluding steroid dienone is 1. The van der Waals surface area contributed by atoms with Crippen LogP contribution in [-0.2, 0) is 4.79 Å². The number of hydrogen-bond donors (Lipinski definition) is 2. The molecule has 1 amide bonds. The summed E-state index contributed by atoms with van der Waals surface area (Å²) in [4.78, 5) is 18.3. The minimum Gasteiger partial charge on any atom is -0.497 e. The van der Waals surface area contributed by atoms with E-state index < -0.39 is 0 Å². The first-order chi connectivity index (χ1) is 15.2. The number of anilines is 2. The number of benzene rings is 3. The van der Waals surface area contributed by atoms with Crippen LogP contribution < -0.4 is 15.4 Å². The number of methoxy groups -OCH3 is 1. The fourth-order valence-electron chi connectivity index (χ4n) is 4.08. The summed E-state index contributed by atoms with van der Waals surface area (Å²) in [5.74, 6) is 1.31. The molecule has 0 saturated heterocycles. The zero-order valence-corrected chi connectivity index (χ0v) is 17.3. The van der Waals surface area contributed by atoms with Gasteiger partial charge in [0, 0.05) is 11.4 Å². The molecule has 2 N–H and O–H groups in total. The SMILES string of the molecule is COc1ccc(NC(=O)C2=C(C)Nc3nc4ccccc4n3[C@H]2c2ccccc2)cc1. The number of hydrogen-bond acceptors (Lipinski definition) is 4. The topological polar surface area (TPSA) is 68.2 Å². The van der Waals surface area contributed by atoms with Gasteiger partial charge in [0.25, 0.3) is 5.91 Å². The molecule has 154 valence electrons. The molecule has 1 aliphatic rings. The van der Waals surface area contributed by atoms with Gasteiger partial charge < -0.3 is 15.4 Å². The van der Waals surface area contributed by atoms with Crippen LogP contribution in [0.4, 0.5) is 11.6 Å². The third kappa shape index (κ3) is 3.32. The van der Waals surface area contributed by atoms with Crippen molar-refractivity contribution in [2.24, 2.45) is 0 Å². The van der Waals surface area contributed by atoms with E-state index in [0.717, 1.165) is 34.0 Å². The largest absolute Gasteiger partial charge is 0.497 e. The number of ether oxygens (including phenoxy) is 1. The number of aromatic nitrogens is 2. The molecular formula is C25H22N4O2. The number of para-hydroxylation sites is 2. The lowest BCUT2D eigenvalue weighted by atomic mass is 9.94. The predicted octanol–water partition coefficient (Wildman–Crippen LogP) is 4.97. The van der Waals surface area contributed by atoms with Gasteiger partial charge in [0.2, 0.25) is 5.95 Å². The molecular weight excluding hydrogens is 388 g/mol. The third-order valence-corrected chi connectivity index (χ3v) is 5.54. The van der Waals surface area contributed by atoms with Gasteiger partial charge in [-0.15, -0.1) is 0 Å². The second-order valence-corrected chi connectivity index (χ2v) is 7.45. The maximum Gasteiger partial charge on any atom is 0.255 e. The van der Waals surface area contributed by atoms with Gasteiger partial charge >= 0.3 is 0 Å². The predicted molar refractivity (Wildman–Crippen MR) is 122 cm³/mol. The molecule has 0 spiro atoms. The molecule has 0 radical (unpaired) electrons. The number of carbonyl (C=O) groups is 1. The van der Waals surface area contributed by atoms with Crippen LogP contribution in [0.15, 0.2) is 90.1 Å². The van der Waals surface area contributed by atoms with E-state index in [9.17, 15) is 4.79 Å². The zero-order valence-electron chi connectivity index (χ0n) is 17.3. The Balaban J connectivity index is 1.61. The van der Waals surface area contributed by atoms with Crippen LogP contribution in [0.1, 0.15) is 18.5 Å². The molecule has 1 aromatic heterocycles. The van der Waals surface area contributed by atoms with Crippen molar-refractivity contribution in [1.82, 2.24) is 9.55 Å². The molecule has 0 aliphatic carbocycles. The normalized spacial score (nSPS) is 15.4. The molecule has 1 aliphatic heterocycles. The molecule has 6 heteroatoms. The lowest BCUT2D eigenvalue weighted by Gasteiger charge is -2.30. The first kappa shape index (κ1) is 18.9. The Morgan fingerprint density at radius 2 is 1.71 bits per heavy atom. The van der Waals surface area contributed by atoms with Crippen molar-refractivity contribution in [2.45, 2.75) is 13.0 Å².